The summed E-state index contributed by atoms with van der Waals surface area (Å²) in [5.41, 5.74) is 1.78. The Labute approximate surface area is 200 Å². The molecule has 0 bridgehead atoms. The molecule has 0 aliphatic carbocycles. The Kier molecular flexibility index (Phi) is 12.2. The Morgan fingerprint density at radius 1 is 0.971 bits per heavy atom. The molecule has 1 unspecified atom stereocenters. The maximum atomic E-state index is 14.9. The highest BCUT2D eigenvalue weighted by atomic mass is 19.1. The Morgan fingerprint density at radius 3 is 2.32 bits per heavy atom. The van der Waals surface area contributed by atoms with E-state index < -0.39 is 24.2 Å². The summed E-state index contributed by atoms with van der Waals surface area (Å²) < 4.78 is 34.1. The summed E-state index contributed by atoms with van der Waals surface area (Å²) in [7, 11) is 1.46. The molecule has 2 aromatic rings. The maximum Gasteiger partial charge on any atom is 0.511 e. The smallest absolute Gasteiger partial charge is 0.432 e. The van der Waals surface area contributed by atoms with Crippen LogP contribution in [0.3, 0.4) is 0 Å². The van der Waals surface area contributed by atoms with Gasteiger partial charge < -0.3 is 23.9 Å². The zero-order valence-electron chi connectivity index (χ0n) is 20.4. The van der Waals surface area contributed by atoms with Crippen LogP contribution in [0.25, 0.3) is 11.1 Å². The highest BCUT2D eigenvalue weighted by molar-refractivity contribution is 5.90. The van der Waals surface area contributed by atoms with Gasteiger partial charge in [-0.3, -0.25) is 0 Å². The molecule has 0 radical (unpaired) electrons. The number of nitrogens with one attached hydrogen (secondary N) is 1. The number of methoxy groups -OCH3 is 1. The molecule has 0 spiro atoms. The molecule has 7 nitrogen and oxygen atoms in total. The van der Waals surface area contributed by atoms with Gasteiger partial charge >= 0.3 is 12.1 Å². The van der Waals surface area contributed by atoms with Crippen LogP contribution in [-0.4, -0.2) is 43.7 Å². The predicted octanol–water partition coefficient (Wildman–Crippen LogP) is 6.42. The number of carbonyl (C=O) groups is 2. The first kappa shape index (κ1) is 27.4. The number of halogens is 1. The number of aryl methyl sites for hydroxylation is 1. The Bertz CT molecular complexity index is 880. The molecule has 2 rings (SSSR count). The molecule has 188 valence electrons. The highest BCUT2D eigenvalue weighted by Crippen LogP contribution is 2.26. The summed E-state index contributed by atoms with van der Waals surface area (Å²) in [4.78, 5) is 26.4. The van der Waals surface area contributed by atoms with Gasteiger partial charge in [0.2, 0.25) is 6.29 Å². The van der Waals surface area contributed by atoms with E-state index in [1.165, 1.54) is 64.3 Å². The molecule has 0 aliphatic rings. The van der Waals surface area contributed by atoms with Crippen molar-refractivity contribution < 1.29 is 32.9 Å². The zero-order chi connectivity index (χ0) is 24.8. The molecule has 0 fully saturated rings. The van der Waals surface area contributed by atoms with Crippen LogP contribution in [0.4, 0.5) is 9.18 Å². The van der Waals surface area contributed by atoms with Gasteiger partial charge in [0.15, 0.2) is 11.5 Å². The third-order valence-corrected chi connectivity index (χ3v) is 5.40. The van der Waals surface area contributed by atoms with Gasteiger partial charge in [0.1, 0.15) is 6.61 Å². The first-order chi connectivity index (χ1) is 16.5. The second-order valence-electron chi connectivity index (χ2n) is 8.14. The number of unbranched alkanes of at least 4 members (excludes halogenated alkanes) is 6. The fourth-order valence-electron chi connectivity index (χ4n) is 3.51. The second-order valence-corrected chi connectivity index (χ2v) is 8.14. The molecule has 0 saturated heterocycles. The number of H-pyrrole nitrogens is 1. The van der Waals surface area contributed by atoms with E-state index >= 15 is 0 Å². The molecule has 0 amide bonds. The van der Waals surface area contributed by atoms with Crippen molar-refractivity contribution in [3.63, 3.8) is 0 Å². The molecule has 1 atom stereocenters. The molecule has 1 aromatic heterocycles. The SMILES string of the molecule is CCCCCCCCCc1ccc(-c2c[nH]c(C(=O)OC(C)OC(=O)OCCOC)c2F)cc1. The van der Waals surface area contributed by atoms with Crippen molar-refractivity contribution in [2.45, 2.75) is 71.5 Å². The second kappa shape index (κ2) is 15.1. The van der Waals surface area contributed by atoms with Crippen LogP contribution in [0.2, 0.25) is 0 Å². The number of rotatable bonds is 15. The van der Waals surface area contributed by atoms with E-state index in [2.05, 4.69) is 11.9 Å². The number of benzene rings is 1. The molecular formula is C26H36FNO6. The van der Waals surface area contributed by atoms with Crippen molar-refractivity contribution in [3.8, 4) is 11.1 Å². The van der Waals surface area contributed by atoms with Crippen molar-refractivity contribution in [2.24, 2.45) is 0 Å². The van der Waals surface area contributed by atoms with Crippen molar-refractivity contribution >= 4 is 12.1 Å². The van der Waals surface area contributed by atoms with Crippen LogP contribution in [-0.2, 0) is 25.4 Å². The van der Waals surface area contributed by atoms with Gasteiger partial charge in [-0.2, -0.15) is 0 Å². The number of esters is 1. The highest BCUT2D eigenvalue weighted by Gasteiger charge is 2.23. The van der Waals surface area contributed by atoms with Crippen LogP contribution < -0.4 is 0 Å². The molecule has 1 N–H and O–H groups in total. The number of ether oxygens (including phenoxy) is 4. The van der Waals surface area contributed by atoms with Crippen LogP contribution in [0.15, 0.2) is 30.5 Å². The average molecular weight is 478 g/mol. The zero-order valence-corrected chi connectivity index (χ0v) is 20.4. The normalized spacial score (nSPS) is 11.8. The van der Waals surface area contributed by atoms with E-state index in [1.807, 2.05) is 24.3 Å². The summed E-state index contributed by atoms with van der Waals surface area (Å²) >= 11 is 0. The minimum absolute atomic E-state index is 0.00243. The number of hydrogen-bond donors (Lipinski definition) is 1. The number of aromatic amines is 1. The number of carbonyl (C=O) groups excluding carboxylic acids is 2. The average Bonchev–Trinajstić information content (AvgIpc) is 3.20. The summed E-state index contributed by atoms with van der Waals surface area (Å²) in [5, 5.41) is 0. The van der Waals surface area contributed by atoms with Crippen LogP contribution in [0.1, 0.15) is 74.8 Å². The quantitative estimate of drug-likeness (QED) is 0.181. The van der Waals surface area contributed by atoms with Gasteiger partial charge in [-0.25, -0.2) is 14.0 Å². The predicted molar refractivity (Wildman–Crippen MR) is 127 cm³/mol. The molecular weight excluding hydrogens is 441 g/mol. The summed E-state index contributed by atoms with van der Waals surface area (Å²) in [6.45, 7) is 3.77. The molecule has 0 aliphatic heterocycles. The molecule has 1 heterocycles. The molecule has 1 aromatic carbocycles. The van der Waals surface area contributed by atoms with Gasteiger partial charge in [0, 0.05) is 25.8 Å². The lowest BCUT2D eigenvalue weighted by Crippen LogP contribution is -2.23. The van der Waals surface area contributed by atoms with Gasteiger partial charge in [-0.15, -0.1) is 0 Å². The summed E-state index contributed by atoms with van der Waals surface area (Å²) in [6.07, 6.45) is 8.96. The van der Waals surface area contributed by atoms with E-state index in [4.69, 9.17) is 18.9 Å². The Balaban J connectivity index is 1.84. The Morgan fingerprint density at radius 2 is 1.65 bits per heavy atom. The maximum absolute atomic E-state index is 14.9. The van der Waals surface area contributed by atoms with Crippen molar-refractivity contribution in [1.82, 2.24) is 4.98 Å². The minimum Gasteiger partial charge on any atom is -0.432 e. The first-order valence-electron chi connectivity index (χ1n) is 12.0. The van der Waals surface area contributed by atoms with E-state index in [0.29, 0.717) is 5.56 Å². The van der Waals surface area contributed by atoms with E-state index in [0.717, 1.165) is 12.8 Å². The minimum atomic E-state index is -1.25. The largest absolute Gasteiger partial charge is 0.511 e. The molecule has 8 heteroatoms. The first-order valence-corrected chi connectivity index (χ1v) is 12.0. The number of hydrogen-bond acceptors (Lipinski definition) is 6. The van der Waals surface area contributed by atoms with Crippen LogP contribution in [0, 0.1) is 5.82 Å². The van der Waals surface area contributed by atoms with Gasteiger partial charge in [0.05, 0.1) is 6.61 Å². The topological polar surface area (TPSA) is 86.9 Å². The lowest BCUT2D eigenvalue weighted by molar-refractivity contribution is -0.0843. The summed E-state index contributed by atoms with van der Waals surface area (Å²) in [5.74, 6) is -1.70. The van der Waals surface area contributed by atoms with Crippen molar-refractivity contribution in [3.05, 3.63) is 47.5 Å². The van der Waals surface area contributed by atoms with Crippen molar-refractivity contribution in [2.75, 3.05) is 20.3 Å². The van der Waals surface area contributed by atoms with E-state index in [1.54, 1.807) is 0 Å². The lowest BCUT2D eigenvalue weighted by atomic mass is 10.0. The molecule has 0 saturated carbocycles. The third-order valence-electron chi connectivity index (χ3n) is 5.40. The van der Waals surface area contributed by atoms with Crippen molar-refractivity contribution in [1.29, 1.82) is 0 Å². The van der Waals surface area contributed by atoms with Gasteiger partial charge in [-0.1, -0.05) is 69.7 Å². The van der Waals surface area contributed by atoms with E-state index in [9.17, 15) is 14.0 Å². The van der Waals surface area contributed by atoms with E-state index in [-0.39, 0.29) is 24.5 Å². The third kappa shape index (κ3) is 9.17. The van der Waals surface area contributed by atoms with Gasteiger partial charge in [-0.05, 0) is 24.0 Å². The van der Waals surface area contributed by atoms with Crippen LogP contribution in [0.5, 0.6) is 0 Å². The standard InChI is InChI=1S/C26H36FNO6/c1-4-5-6-7-8-9-10-11-20-12-14-21(15-13-20)22-18-28-24(23(22)27)25(29)33-19(2)34-26(30)32-17-16-31-3/h12-15,18-19,28H,4-11,16-17H2,1-3H3. The fraction of sp³-hybridized carbons (Fsp3) is 0.538. The Hall–Kier alpha value is -2.87. The fourth-order valence-corrected chi connectivity index (χ4v) is 3.51. The lowest BCUT2D eigenvalue weighted by Gasteiger charge is -2.13. The molecule has 34 heavy (non-hydrogen) atoms. The van der Waals surface area contributed by atoms with Crippen LogP contribution >= 0.6 is 0 Å². The number of aromatic nitrogens is 1. The monoisotopic (exact) mass is 477 g/mol. The van der Waals surface area contributed by atoms with Gasteiger partial charge in [0.25, 0.3) is 0 Å². The summed E-state index contributed by atoms with van der Waals surface area (Å²) in [6, 6.07) is 7.67.